The van der Waals surface area contributed by atoms with Gasteiger partial charge in [0.2, 0.25) is 0 Å². The van der Waals surface area contributed by atoms with E-state index in [1.165, 1.54) is 35.2 Å². The van der Waals surface area contributed by atoms with Gasteiger partial charge in [0.25, 0.3) is 0 Å². The summed E-state index contributed by atoms with van der Waals surface area (Å²) in [5.74, 6) is -0.505. The Hall–Kier alpha value is -2.77. The number of anilines is 2. The summed E-state index contributed by atoms with van der Waals surface area (Å²) in [5.41, 5.74) is -0.745. The molecular weight excluding hydrogens is 338 g/mol. The number of nitrogens with zero attached hydrogens (tertiary/aromatic N) is 1. The van der Waals surface area contributed by atoms with Gasteiger partial charge in [-0.3, -0.25) is 0 Å². The van der Waals surface area contributed by atoms with Crippen molar-refractivity contribution in [1.82, 2.24) is 5.32 Å². The van der Waals surface area contributed by atoms with E-state index < -0.39 is 23.6 Å². The van der Waals surface area contributed by atoms with E-state index in [4.69, 9.17) is 0 Å². The van der Waals surface area contributed by atoms with Crippen molar-refractivity contribution >= 4 is 17.4 Å². The van der Waals surface area contributed by atoms with Crippen molar-refractivity contribution in [3.8, 4) is 0 Å². The highest BCUT2D eigenvalue weighted by Gasteiger charge is 2.34. The third-order valence-corrected chi connectivity index (χ3v) is 3.47. The fourth-order valence-electron chi connectivity index (χ4n) is 2.14. The monoisotopic (exact) mass is 355 g/mol. The Morgan fingerprint density at radius 2 is 1.80 bits per heavy atom. The summed E-state index contributed by atoms with van der Waals surface area (Å²) in [7, 11) is 3.23. The number of hydrogen-bond acceptors (Lipinski definition) is 2. The standard InChI is InChI=1S/C17H17F4N3O/c1-24(2)12-7-8-15(13(9-12)17(19,20)21)23-16(25)22-10-11-5-3-4-6-14(11)18/h3-9H,10H2,1-2H3,(H2,22,23,25). The molecule has 0 aliphatic rings. The Morgan fingerprint density at radius 1 is 1.12 bits per heavy atom. The lowest BCUT2D eigenvalue weighted by molar-refractivity contribution is -0.136. The second-order valence-electron chi connectivity index (χ2n) is 5.52. The molecule has 0 saturated carbocycles. The van der Waals surface area contributed by atoms with E-state index in [2.05, 4.69) is 10.6 Å². The molecule has 0 saturated heterocycles. The fraction of sp³-hybridized carbons (Fsp3) is 0.235. The van der Waals surface area contributed by atoms with Gasteiger partial charge in [0.15, 0.2) is 0 Å². The molecule has 4 nitrogen and oxygen atoms in total. The highest BCUT2D eigenvalue weighted by molar-refractivity contribution is 5.90. The molecule has 2 N–H and O–H groups in total. The number of carbonyl (C=O) groups is 1. The topological polar surface area (TPSA) is 44.4 Å². The fourth-order valence-corrected chi connectivity index (χ4v) is 2.14. The van der Waals surface area contributed by atoms with E-state index in [0.717, 1.165) is 6.07 Å². The normalized spacial score (nSPS) is 11.1. The van der Waals surface area contributed by atoms with Crippen molar-refractivity contribution in [1.29, 1.82) is 0 Å². The van der Waals surface area contributed by atoms with Crippen LogP contribution in [0.3, 0.4) is 0 Å². The van der Waals surface area contributed by atoms with E-state index in [1.807, 2.05) is 0 Å². The number of nitrogens with one attached hydrogen (secondary N) is 2. The molecule has 0 heterocycles. The number of urea groups is 1. The third-order valence-electron chi connectivity index (χ3n) is 3.47. The molecule has 0 bridgehead atoms. The van der Waals surface area contributed by atoms with Crippen LogP contribution in [0.15, 0.2) is 42.5 Å². The minimum absolute atomic E-state index is 0.143. The molecule has 2 aromatic rings. The molecule has 0 unspecified atom stereocenters. The first-order valence-electron chi connectivity index (χ1n) is 7.35. The minimum atomic E-state index is -4.62. The number of benzene rings is 2. The van der Waals surface area contributed by atoms with Gasteiger partial charge in [0.1, 0.15) is 5.82 Å². The number of carbonyl (C=O) groups excluding carboxylic acids is 1. The molecule has 2 amide bonds. The molecule has 0 aliphatic carbocycles. The van der Waals surface area contributed by atoms with Crippen molar-refractivity contribution in [3.05, 3.63) is 59.4 Å². The van der Waals surface area contributed by atoms with Gasteiger partial charge in [-0.2, -0.15) is 13.2 Å². The quantitative estimate of drug-likeness (QED) is 0.806. The van der Waals surface area contributed by atoms with Crippen molar-refractivity contribution in [2.75, 3.05) is 24.3 Å². The Morgan fingerprint density at radius 3 is 2.40 bits per heavy atom. The molecule has 0 aliphatic heterocycles. The van der Waals surface area contributed by atoms with Crippen LogP contribution in [-0.2, 0) is 12.7 Å². The number of amides is 2. The average molecular weight is 355 g/mol. The largest absolute Gasteiger partial charge is 0.418 e. The molecule has 0 aromatic heterocycles. The van der Waals surface area contributed by atoms with E-state index in [0.29, 0.717) is 5.69 Å². The van der Waals surface area contributed by atoms with Crippen molar-refractivity contribution in [3.63, 3.8) is 0 Å². The zero-order valence-corrected chi connectivity index (χ0v) is 13.6. The molecule has 25 heavy (non-hydrogen) atoms. The van der Waals surface area contributed by atoms with Gasteiger partial charge in [-0.15, -0.1) is 0 Å². The highest BCUT2D eigenvalue weighted by Crippen LogP contribution is 2.37. The van der Waals surface area contributed by atoms with E-state index in [9.17, 15) is 22.4 Å². The maximum atomic E-state index is 13.5. The van der Waals surface area contributed by atoms with Crippen LogP contribution in [0.2, 0.25) is 0 Å². The van der Waals surface area contributed by atoms with Gasteiger partial charge in [0.05, 0.1) is 11.3 Å². The first-order chi connectivity index (χ1) is 11.7. The number of rotatable bonds is 4. The Labute approximate surface area is 142 Å². The lowest BCUT2D eigenvalue weighted by atomic mass is 10.1. The van der Waals surface area contributed by atoms with Gasteiger partial charge in [-0.25, -0.2) is 9.18 Å². The molecule has 2 rings (SSSR count). The summed E-state index contributed by atoms with van der Waals surface area (Å²) in [6.45, 7) is -0.143. The summed E-state index contributed by atoms with van der Waals surface area (Å²) in [5, 5.41) is 4.50. The zero-order valence-electron chi connectivity index (χ0n) is 13.6. The van der Waals surface area contributed by atoms with Gasteiger partial charge in [0, 0.05) is 31.9 Å². The predicted octanol–water partition coefficient (Wildman–Crippen LogP) is 4.23. The Balaban J connectivity index is 2.13. The lowest BCUT2D eigenvalue weighted by Crippen LogP contribution is -2.29. The average Bonchev–Trinajstić information content (AvgIpc) is 2.53. The molecule has 134 valence electrons. The third kappa shape index (κ3) is 4.85. The Bertz CT molecular complexity index is 760. The molecule has 0 radical (unpaired) electrons. The van der Waals surface area contributed by atoms with Crippen LogP contribution in [0.25, 0.3) is 0 Å². The summed E-state index contributed by atoms with van der Waals surface area (Å²) in [6.07, 6.45) is -4.62. The maximum Gasteiger partial charge on any atom is 0.418 e. The van der Waals surface area contributed by atoms with Crippen molar-refractivity contribution in [2.45, 2.75) is 12.7 Å². The van der Waals surface area contributed by atoms with Crippen LogP contribution in [-0.4, -0.2) is 20.1 Å². The summed E-state index contributed by atoms with van der Waals surface area (Å²) < 4.78 is 53.1. The summed E-state index contributed by atoms with van der Waals surface area (Å²) >= 11 is 0. The van der Waals surface area contributed by atoms with Crippen LogP contribution in [0.1, 0.15) is 11.1 Å². The molecule has 0 spiro atoms. The number of hydrogen-bond donors (Lipinski definition) is 2. The maximum absolute atomic E-state index is 13.5. The van der Waals surface area contributed by atoms with Crippen molar-refractivity contribution < 1.29 is 22.4 Å². The second-order valence-corrected chi connectivity index (χ2v) is 5.52. The second kappa shape index (κ2) is 7.42. The van der Waals surface area contributed by atoms with Gasteiger partial charge in [-0.05, 0) is 24.3 Å². The molecule has 8 heteroatoms. The molecule has 0 fully saturated rings. The van der Waals surface area contributed by atoms with Crippen LogP contribution in [0, 0.1) is 5.82 Å². The van der Waals surface area contributed by atoms with Crippen LogP contribution < -0.4 is 15.5 Å². The van der Waals surface area contributed by atoms with Gasteiger partial charge < -0.3 is 15.5 Å². The lowest BCUT2D eigenvalue weighted by Gasteiger charge is -2.19. The van der Waals surface area contributed by atoms with Crippen LogP contribution in [0.5, 0.6) is 0 Å². The van der Waals surface area contributed by atoms with E-state index in [-0.39, 0.29) is 17.8 Å². The van der Waals surface area contributed by atoms with Crippen LogP contribution in [0.4, 0.5) is 33.7 Å². The van der Waals surface area contributed by atoms with E-state index in [1.54, 1.807) is 20.2 Å². The zero-order chi connectivity index (χ0) is 18.6. The summed E-state index contributed by atoms with van der Waals surface area (Å²) in [4.78, 5) is 13.4. The Kier molecular flexibility index (Phi) is 5.51. The van der Waals surface area contributed by atoms with Crippen LogP contribution >= 0.6 is 0 Å². The van der Waals surface area contributed by atoms with Crippen molar-refractivity contribution in [2.24, 2.45) is 0 Å². The van der Waals surface area contributed by atoms with Gasteiger partial charge in [-0.1, -0.05) is 18.2 Å². The smallest absolute Gasteiger partial charge is 0.378 e. The first kappa shape index (κ1) is 18.6. The summed E-state index contributed by atoms with van der Waals surface area (Å²) in [6, 6.07) is 8.54. The minimum Gasteiger partial charge on any atom is -0.378 e. The highest BCUT2D eigenvalue weighted by atomic mass is 19.4. The molecule has 2 aromatic carbocycles. The molecular formula is C17H17F4N3O. The SMILES string of the molecule is CN(C)c1ccc(NC(=O)NCc2ccccc2F)c(C(F)(F)F)c1. The first-order valence-corrected chi connectivity index (χ1v) is 7.35. The molecule has 0 atom stereocenters. The number of halogens is 4. The number of alkyl halides is 3. The van der Waals surface area contributed by atoms with Gasteiger partial charge >= 0.3 is 12.2 Å². The van der Waals surface area contributed by atoms with E-state index >= 15 is 0 Å². The predicted molar refractivity (Wildman–Crippen MR) is 88.0 cm³/mol.